The van der Waals surface area contributed by atoms with Crippen LogP contribution in [0.4, 0.5) is 0 Å². The maximum atomic E-state index is 2.68. The van der Waals surface area contributed by atoms with Gasteiger partial charge in [0.05, 0.1) is 8.07 Å². The van der Waals surface area contributed by atoms with E-state index >= 15 is 0 Å². The maximum absolute atomic E-state index is 2.68. The first kappa shape index (κ1) is 12.8. The highest BCUT2D eigenvalue weighted by Crippen LogP contribution is 2.17. The van der Waals surface area contributed by atoms with Crippen LogP contribution in [0.3, 0.4) is 0 Å². The van der Waals surface area contributed by atoms with Crippen molar-refractivity contribution in [3.05, 3.63) is 35.4 Å². The van der Waals surface area contributed by atoms with Crippen molar-refractivity contribution < 1.29 is 0 Å². The minimum atomic E-state index is -1.10. The van der Waals surface area contributed by atoms with Gasteiger partial charge >= 0.3 is 0 Å². The zero-order chi connectivity index (χ0) is 12.3. The van der Waals surface area contributed by atoms with Crippen LogP contribution >= 0.6 is 0 Å². The van der Waals surface area contributed by atoms with Crippen molar-refractivity contribution in [1.29, 1.82) is 0 Å². The molecule has 0 amide bonds. The van der Waals surface area contributed by atoms with Gasteiger partial charge in [0, 0.05) is 0 Å². The summed E-state index contributed by atoms with van der Waals surface area (Å²) in [5.74, 6) is 0. The van der Waals surface area contributed by atoms with Crippen molar-refractivity contribution in [3.8, 4) is 0 Å². The van der Waals surface area contributed by atoms with Crippen LogP contribution in [0.5, 0.6) is 0 Å². The summed E-state index contributed by atoms with van der Waals surface area (Å²) in [4.78, 5) is 2.68. The smallest absolute Gasteiger partial charge is 0.0672 e. The minimum absolute atomic E-state index is 1.10. The molecule has 1 aliphatic heterocycles. The highest BCUT2D eigenvalue weighted by molar-refractivity contribution is 6.77. The molecule has 1 heterocycles. The van der Waals surface area contributed by atoms with Crippen LogP contribution in [0.2, 0.25) is 13.1 Å². The van der Waals surface area contributed by atoms with E-state index in [0.29, 0.717) is 0 Å². The molecule has 1 nitrogen and oxygen atoms in total. The van der Waals surface area contributed by atoms with Gasteiger partial charge in [-0.2, -0.15) is 0 Å². The number of benzene rings is 1. The lowest BCUT2D eigenvalue weighted by molar-refractivity contribution is 0.388. The number of aryl methyl sites for hydroxylation is 1. The quantitative estimate of drug-likeness (QED) is 0.737. The van der Waals surface area contributed by atoms with E-state index in [-0.39, 0.29) is 0 Å². The summed E-state index contributed by atoms with van der Waals surface area (Å²) in [5, 5.41) is 0. The first-order chi connectivity index (χ1) is 8.05. The molecule has 0 aromatic heterocycles. The highest BCUT2D eigenvalue weighted by atomic mass is 28.3. The van der Waals surface area contributed by atoms with Crippen LogP contribution in [0.1, 0.15) is 24.0 Å². The van der Waals surface area contributed by atoms with Gasteiger partial charge in [0.25, 0.3) is 0 Å². The zero-order valence-corrected chi connectivity index (χ0v) is 12.5. The molecule has 1 aliphatic rings. The van der Waals surface area contributed by atoms with Gasteiger partial charge < -0.3 is 4.90 Å². The van der Waals surface area contributed by atoms with Crippen molar-refractivity contribution in [2.24, 2.45) is 0 Å². The molecule has 0 N–H and O–H groups in total. The Morgan fingerprint density at radius 1 is 1.06 bits per heavy atom. The second-order valence-corrected chi connectivity index (χ2v) is 11.3. The normalized spacial score (nSPS) is 17.6. The van der Waals surface area contributed by atoms with Gasteiger partial charge in [-0.05, 0) is 45.1 Å². The summed E-state index contributed by atoms with van der Waals surface area (Å²) >= 11 is 0. The molecule has 2 heteroatoms. The summed E-state index contributed by atoms with van der Waals surface area (Å²) in [7, 11) is -1.10. The highest BCUT2D eigenvalue weighted by Gasteiger charge is 2.25. The van der Waals surface area contributed by atoms with Gasteiger partial charge in [0.2, 0.25) is 0 Å². The number of rotatable bonds is 4. The lowest BCUT2D eigenvalue weighted by Gasteiger charge is -2.28. The molecule has 0 radical (unpaired) electrons. The van der Waals surface area contributed by atoms with Crippen LogP contribution in [-0.2, 0) is 6.04 Å². The Morgan fingerprint density at radius 3 is 2.24 bits per heavy atom. The molecule has 0 atom stereocenters. The molecular formula is C15H25NSi. The molecular weight excluding hydrogens is 222 g/mol. The first-order valence-corrected chi connectivity index (χ1v) is 10.2. The molecule has 1 fully saturated rings. The topological polar surface area (TPSA) is 3.24 Å². The first-order valence-electron chi connectivity index (χ1n) is 6.83. The standard InChI is InChI=1S/C15H25NSi/c1-14-6-8-15(9-7-14)12-17(2,3)13-16-10-4-5-11-16/h6-9H,4-5,10-13H2,1-3H3. The van der Waals surface area contributed by atoms with Crippen molar-refractivity contribution >= 4 is 8.07 Å². The Labute approximate surface area is 107 Å². The molecule has 17 heavy (non-hydrogen) atoms. The summed E-state index contributed by atoms with van der Waals surface area (Å²) in [6.07, 6.45) is 4.20. The van der Waals surface area contributed by atoms with Gasteiger partial charge in [-0.3, -0.25) is 0 Å². The Kier molecular flexibility index (Phi) is 4.05. The molecule has 0 spiro atoms. The Balaban J connectivity index is 1.93. The molecule has 0 unspecified atom stereocenters. The summed E-state index contributed by atoms with van der Waals surface area (Å²) < 4.78 is 0. The fraction of sp³-hybridized carbons (Fsp3) is 0.600. The third-order valence-corrected chi connectivity index (χ3v) is 6.32. The Morgan fingerprint density at radius 2 is 1.65 bits per heavy atom. The molecule has 1 aromatic carbocycles. The Bertz CT molecular complexity index is 350. The van der Waals surface area contributed by atoms with E-state index in [2.05, 4.69) is 49.2 Å². The van der Waals surface area contributed by atoms with Gasteiger partial charge in [0.15, 0.2) is 0 Å². The number of hydrogen-bond acceptors (Lipinski definition) is 1. The largest absolute Gasteiger partial charge is 0.306 e. The van der Waals surface area contributed by atoms with E-state index in [1.54, 1.807) is 0 Å². The predicted octanol–water partition coefficient (Wildman–Crippen LogP) is 3.42. The summed E-state index contributed by atoms with van der Waals surface area (Å²) in [6.45, 7) is 9.90. The molecule has 0 aliphatic carbocycles. The Hall–Kier alpha value is -0.603. The predicted molar refractivity (Wildman–Crippen MR) is 78.0 cm³/mol. The van der Waals surface area contributed by atoms with Gasteiger partial charge in [-0.25, -0.2) is 0 Å². The summed E-state index contributed by atoms with van der Waals surface area (Å²) in [5.41, 5.74) is 2.90. The number of nitrogens with zero attached hydrogens (tertiary/aromatic N) is 1. The second-order valence-electron chi connectivity index (χ2n) is 6.31. The third-order valence-electron chi connectivity index (χ3n) is 3.65. The van der Waals surface area contributed by atoms with Crippen LogP contribution < -0.4 is 0 Å². The second kappa shape index (κ2) is 5.36. The van der Waals surface area contributed by atoms with E-state index in [1.807, 2.05) is 0 Å². The van der Waals surface area contributed by atoms with Gasteiger partial charge in [-0.15, -0.1) is 0 Å². The van der Waals surface area contributed by atoms with Crippen molar-refractivity contribution in [2.45, 2.75) is 38.9 Å². The number of hydrogen-bond donors (Lipinski definition) is 0. The minimum Gasteiger partial charge on any atom is -0.306 e. The van der Waals surface area contributed by atoms with Crippen molar-refractivity contribution in [1.82, 2.24) is 4.90 Å². The van der Waals surface area contributed by atoms with E-state index in [0.717, 1.165) is 0 Å². The van der Waals surface area contributed by atoms with Crippen LogP contribution in [0.25, 0.3) is 0 Å². The molecule has 0 bridgehead atoms. The molecule has 94 valence electrons. The van der Waals surface area contributed by atoms with Crippen LogP contribution in [0, 0.1) is 6.92 Å². The van der Waals surface area contributed by atoms with E-state index in [9.17, 15) is 0 Å². The van der Waals surface area contributed by atoms with Crippen LogP contribution in [-0.4, -0.2) is 32.2 Å². The molecule has 1 saturated heterocycles. The summed E-state index contributed by atoms with van der Waals surface area (Å²) in [6, 6.07) is 10.4. The average molecular weight is 247 g/mol. The zero-order valence-electron chi connectivity index (χ0n) is 11.5. The molecule has 1 aromatic rings. The number of likely N-dealkylation sites (tertiary alicyclic amines) is 1. The maximum Gasteiger partial charge on any atom is 0.0672 e. The fourth-order valence-corrected chi connectivity index (χ4v) is 5.84. The van der Waals surface area contributed by atoms with E-state index in [1.165, 1.54) is 49.3 Å². The third kappa shape index (κ3) is 3.97. The van der Waals surface area contributed by atoms with Crippen molar-refractivity contribution in [3.63, 3.8) is 0 Å². The van der Waals surface area contributed by atoms with Gasteiger partial charge in [-0.1, -0.05) is 48.5 Å². The van der Waals surface area contributed by atoms with Crippen LogP contribution in [0.15, 0.2) is 24.3 Å². The van der Waals surface area contributed by atoms with Gasteiger partial charge in [0.1, 0.15) is 0 Å². The van der Waals surface area contributed by atoms with E-state index in [4.69, 9.17) is 0 Å². The molecule has 0 saturated carbocycles. The van der Waals surface area contributed by atoms with Crippen molar-refractivity contribution in [2.75, 3.05) is 19.3 Å². The lowest BCUT2D eigenvalue weighted by atomic mass is 10.2. The SMILES string of the molecule is Cc1ccc(C[Si](C)(C)CN2CCCC2)cc1. The fourth-order valence-electron chi connectivity index (χ4n) is 2.86. The average Bonchev–Trinajstić information content (AvgIpc) is 2.73. The van der Waals surface area contributed by atoms with E-state index < -0.39 is 8.07 Å². The lowest BCUT2D eigenvalue weighted by Crippen LogP contribution is -2.43. The monoisotopic (exact) mass is 247 g/mol. The molecule has 2 rings (SSSR count).